The molecule has 0 saturated heterocycles. The lowest BCUT2D eigenvalue weighted by Gasteiger charge is -2.12. The first-order valence-electron chi connectivity index (χ1n) is 8.59. The molecule has 1 aromatic carbocycles. The Bertz CT molecular complexity index is 883. The lowest BCUT2D eigenvalue weighted by Crippen LogP contribution is -2.15. The molecule has 7 nitrogen and oxygen atoms in total. The maximum Gasteiger partial charge on any atom is 0.305 e. The van der Waals surface area contributed by atoms with Gasteiger partial charge in [0.15, 0.2) is 0 Å². The summed E-state index contributed by atoms with van der Waals surface area (Å²) < 4.78 is 15.4. The van der Waals surface area contributed by atoms with E-state index in [1.54, 1.807) is 23.0 Å². The molecule has 2 heterocycles. The first-order valence-corrected chi connectivity index (χ1v) is 9.77. The van der Waals surface area contributed by atoms with Crippen molar-refractivity contribution in [3.8, 4) is 0 Å². The summed E-state index contributed by atoms with van der Waals surface area (Å²) >= 11 is -1.19. The summed E-state index contributed by atoms with van der Waals surface area (Å²) in [4.78, 5) is 4.99. The second-order valence-electron chi connectivity index (χ2n) is 6.24. The molecule has 3 rings (SSSR count). The number of hydrogen-bond acceptors (Lipinski definition) is 6. The van der Waals surface area contributed by atoms with Crippen molar-refractivity contribution in [1.29, 1.82) is 0 Å². The van der Waals surface area contributed by atoms with Gasteiger partial charge in [-0.25, -0.2) is 4.98 Å². The zero-order valence-corrected chi connectivity index (χ0v) is 16.4. The van der Waals surface area contributed by atoms with Gasteiger partial charge in [0.25, 0.3) is 0 Å². The highest BCUT2D eigenvalue weighted by molar-refractivity contribution is 7.92. The molecule has 0 spiro atoms. The van der Waals surface area contributed by atoms with Crippen molar-refractivity contribution < 1.29 is 9.66 Å². The molecule has 3 aromatic rings. The maximum absolute atomic E-state index is 10.5. The molecule has 0 aliphatic heterocycles. The van der Waals surface area contributed by atoms with E-state index in [-0.39, 0.29) is 0 Å². The maximum atomic E-state index is 10.5. The first kappa shape index (κ1) is 19.2. The van der Waals surface area contributed by atoms with Crippen LogP contribution in [-0.2, 0) is 18.4 Å². The summed E-state index contributed by atoms with van der Waals surface area (Å²) in [6, 6.07) is 13.1. The molecule has 2 unspecified atom stereocenters. The fourth-order valence-corrected chi connectivity index (χ4v) is 3.63. The van der Waals surface area contributed by atoms with Gasteiger partial charge in [-0.3, -0.25) is 4.68 Å². The molecule has 8 heteroatoms. The Morgan fingerprint density at radius 3 is 2.48 bits per heavy atom. The highest BCUT2D eigenvalue weighted by Crippen LogP contribution is 2.23. The molecule has 0 fully saturated rings. The number of aryl methyl sites for hydroxylation is 2. The SMILES string of the molecule is Cc1nn(C)c(C)c1N[S+](O)c1ccc(NCC(O)c2ccccc2)nc1. The van der Waals surface area contributed by atoms with Gasteiger partial charge in [-0.15, -0.1) is 0 Å². The number of hydrogen-bond donors (Lipinski definition) is 4. The van der Waals surface area contributed by atoms with E-state index in [4.69, 9.17) is 0 Å². The van der Waals surface area contributed by atoms with Crippen molar-refractivity contribution in [2.45, 2.75) is 24.8 Å². The Hall–Kier alpha value is -2.55. The van der Waals surface area contributed by atoms with E-state index in [2.05, 4.69) is 20.1 Å². The molecular formula is C19H24N5O2S+. The van der Waals surface area contributed by atoms with E-state index >= 15 is 0 Å². The van der Waals surface area contributed by atoms with Crippen molar-refractivity contribution in [1.82, 2.24) is 14.8 Å². The first-order chi connectivity index (χ1) is 13.0. The van der Waals surface area contributed by atoms with Gasteiger partial charge in [0.2, 0.25) is 4.90 Å². The molecule has 142 valence electrons. The third-order valence-corrected chi connectivity index (χ3v) is 5.41. The van der Waals surface area contributed by atoms with Crippen LogP contribution in [0.25, 0.3) is 0 Å². The Morgan fingerprint density at radius 2 is 1.89 bits per heavy atom. The Labute approximate surface area is 161 Å². The highest BCUT2D eigenvalue weighted by atomic mass is 32.2. The number of anilines is 2. The number of aliphatic hydroxyl groups is 1. The van der Waals surface area contributed by atoms with Gasteiger partial charge in [-0.2, -0.15) is 14.4 Å². The summed E-state index contributed by atoms with van der Waals surface area (Å²) in [5, 5.41) is 17.6. The van der Waals surface area contributed by atoms with E-state index in [0.29, 0.717) is 17.3 Å². The van der Waals surface area contributed by atoms with Crippen LogP contribution >= 0.6 is 0 Å². The van der Waals surface area contributed by atoms with Crippen LogP contribution in [0.3, 0.4) is 0 Å². The zero-order chi connectivity index (χ0) is 19.4. The summed E-state index contributed by atoms with van der Waals surface area (Å²) in [6.07, 6.45) is 1.01. The molecule has 0 radical (unpaired) electrons. The normalized spacial score (nSPS) is 13.2. The van der Waals surface area contributed by atoms with E-state index in [9.17, 15) is 9.66 Å². The molecule has 0 amide bonds. The van der Waals surface area contributed by atoms with Crippen LogP contribution in [0.1, 0.15) is 23.1 Å². The molecule has 0 bridgehead atoms. The predicted octanol–water partition coefficient (Wildman–Crippen LogP) is 3.05. The molecule has 0 aliphatic rings. The predicted molar refractivity (Wildman–Crippen MR) is 109 cm³/mol. The minimum Gasteiger partial charge on any atom is -0.387 e. The van der Waals surface area contributed by atoms with Crippen molar-refractivity contribution in [3.05, 3.63) is 65.6 Å². The lowest BCUT2D eigenvalue weighted by atomic mass is 10.1. The monoisotopic (exact) mass is 386 g/mol. The minimum absolute atomic E-state index is 0.355. The summed E-state index contributed by atoms with van der Waals surface area (Å²) in [5.41, 5.74) is 3.48. The van der Waals surface area contributed by atoms with Gasteiger partial charge < -0.3 is 10.4 Å². The van der Waals surface area contributed by atoms with E-state index in [1.807, 2.05) is 51.2 Å². The van der Waals surface area contributed by atoms with E-state index in [1.165, 1.54) is 0 Å². The fourth-order valence-electron chi connectivity index (χ4n) is 2.67. The van der Waals surface area contributed by atoms with Crippen LogP contribution in [0.4, 0.5) is 11.5 Å². The molecule has 2 aromatic heterocycles. The number of aliphatic hydroxyl groups excluding tert-OH is 1. The second kappa shape index (κ2) is 8.43. The smallest absolute Gasteiger partial charge is 0.305 e. The molecule has 27 heavy (non-hydrogen) atoms. The number of nitrogens with zero attached hydrogens (tertiary/aromatic N) is 3. The quantitative estimate of drug-likeness (QED) is 0.466. The van der Waals surface area contributed by atoms with Crippen molar-refractivity contribution in [2.24, 2.45) is 7.05 Å². The Kier molecular flexibility index (Phi) is 6.00. The fraction of sp³-hybridized carbons (Fsp3) is 0.263. The average Bonchev–Trinajstić information content (AvgIpc) is 2.93. The van der Waals surface area contributed by atoms with Gasteiger partial charge in [-0.05, 0) is 25.5 Å². The summed E-state index contributed by atoms with van der Waals surface area (Å²) in [6.45, 7) is 4.20. The van der Waals surface area contributed by atoms with Gasteiger partial charge >= 0.3 is 11.4 Å². The molecule has 0 saturated carbocycles. The topological polar surface area (TPSA) is 95.2 Å². The van der Waals surface area contributed by atoms with Crippen LogP contribution in [0.2, 0.25) is 0 Å². The van der Waals surface area contributed by atoms with Crippen molar-refractivity contribution in [2.75, 3.05) is 16.6 Å². The van der Waals surface area contributed by atoms with Gasteiger partial charge in [-0.1, -0.05) is 30.3 Å². The molecule has 0 aliphatic carbocycles. The van der Waals surface area contributed by atoms with Crippen LogP contribution < -0.4 is 10.0 Å². The number of rotatable bonds is 7. The summed E-state index contributed by atoms with van der Waals surface area (Å²) in [7, 11) is 1.87. The molecular weight excluding hydrogens is 362 g/mol. The zero-order valence-electron chi connectivity index (χ0n) is 15.5. The lowest BCUT2D eigenvalue weighted by molar-refractivity contribution is 0.191. The van der Waals surface area contributed by atoms with Crippen LogP contribution in [0.5, 0.6) is 0 Å². The third-order valence-electron chi connectivity index (χ3n) is 4.33. The largest absolute Gasteiger partial charge is 0.387 e. The number of nitrogens with one attached hydrogen (secondary N) is 2. The molecule has 4 N–H and O–H groups in total. The van der Waals surface area contributed by atoms with Crippen molar-refractivity contribution in [3.63, 3.8) is 0 Å². The highest BCUT2D eigenvalue weighted by Gasteiger charge is 2.25. The van der Waals surface area contributed by atoms with E-state index in [0.717, 1.165) is 22.6 Å². The third kappa shape index (κ3) is 4.60. The van der Waals surface area contributed by atoms with Crippen LogP contribution in [0.15, 0.2) is 53.6 Å². The van der Waals surface area contributed by atoms with Gasteiger partial charge in [0.05, 0.1) is 23.7 Å². The second-order valence-corrected chi connectivity index (χ2v) is 7.49. The van der Waals surface area contributed by atoms with Crippen LogP contribution in [0, 0.1) is 13.8 Å². The number of pyridine rings is 1. The number of benzene rings is 1. The van der Waals surface area contributed by atoms with Crippen LogP contribution in [-0.4, -0.2) is 31.0 Å². The average molecular weight is 387 g/mol. The van der Waals surface area contributed by atoms with Gasteiger partial charge in [0.1, 0.15) is 11.5 Å². The minimum atomic E-state index is -1.19. The molecule has 2 atom stereocenters. The summed E-state index contributed by atoms with van der Waals surface area (Å²) in [5.74, 6) is 0.638. The number of aromatic nitrogens is 3. The van der Waals surface area contributed by atoms with E-state index < -0.39 is 17.5 Å². The Balaban J connectivity index is 1.59. The van der Waals surface area contributed by atoms with Crippen molar-refractivity contribution >= 4 is 22.9 Å². The van der Waals surface area contributed by atoms with Gasteiger partial charge in [0, 0.05) is 19.7 Å². The Morgan fingerprint density at radius 1 is 1.15 bits per heavy atom. The standard InChI is InChI=1S/C19H24N5O2S/c1-13-19(14(2)24(3)22-13)23-27(26)16-9-10-18(20-11-16)21-12-17(25)15-7-5-4-6-8-15/h4-11,17,23,25-26H,12H2,1-3H3,(H,20,21)/q+1.